The zero-order valence-electron chi connectivity index (χ0n) is 9.96. The molecule has 0 saturated carbocycles. The van der Waals surface area contributed by atoms with Crippen LogP contribution in [0.2, 0.25) is 5.02 Å². The Morgan fingerprint density at radius 2 is 1.88 bits per heavy atom. The SMILES string of the molecule is CNC1(C)CCN(c2ccccc2Cl)CC1. The van der Waals surface area contributed by atoms with Gasteiger partial charge in [-0.25, -0.2) is 0 Å². The minimum absolute atomic E-state index is 0.289. The Kier molecular flexibility index (Phi) is 3.41. The van der Waals surface area contributed by atoms with Crippen LogP contribution in [-0.4, -0.2) is 25.7 Å². The molecule has 1 saturated heterocycles. The van der Waals surface area contributed by atoms with Crippen molar-refractivity contribution in [2.75, 3.05) is 25.0 Å². The van der Waals surface area contributed by atoms with Gasteiger partial charge >= 0.3 is 0 Å². The molecule has 0 aromatic heterocycles. The summed E-state index contributed by atoms with van der Waals surface area (Å²) in [4.78, 5) is 2.38. The lowest BCUT2D eigenvalue weighted by molar-refractivity contribution is 0.305. The van der Waals surface area contributed by atoms with Crippen LogP contribution in [0.1, 0.15) is 19.8 Å². The molecule has 0 bridgehead atoms. The van der Waals surface area contributed by atoms with Crippen molar-refractivity contribution >= 4 is 17.3 Å². The minimum atomic E-state index is 0.289. The summed E-state index contributed by atoms with van der Waals surface area (Å²) in [7, 11) is 2.05. The molecule has 0 unspecified atom stereocenters. The second-order valence-electron chi connectivity index (χ2n) is 4.75. The molecule has 2 nitrogen and oxygen atoms in total. The van der Waals surface area contributed by atoms with Gasteiger partial charge in [-0.2, -0.15) is 0 Å². The molecule has 1 fully saturated rings. The number of halogens is 1. The Labute approximate surface area is 103 Å². The number of piperidine rings is 1. The number of rotatable bonds is 2. The van der Waals surface area contributed by atoms with Gasteiger partial charge in [0.25, 0.3) is 0 Å². The lowest BCUT2D eigenvalue weighted by Gasteiger charge is -2.40. The summed E-state index contributed by atoms with van der Waals surface area (Å²) < 4.78 is 0. The van der Waals surface area contributed by atoms with Crippen molar-refractivity contribution in [1.82, 2.24) is 5.32 Å². The van der Waals surface area contributed by atoms with Crippen molar-refractivity contribution in [2.24, 2.45) is 0 Å². The number of nitrogens with zero attached hydrogens (tertiary/aromatic N) is 1. The van der Waals surface area contributed by atoms with Crippen LogP contribution in [0.5, 0.6) is 0 Å². The highest BCUT2D eigenvalue weighted by molar-refractivity contribution is 6.33. The molecule has 1 N–H and O–H groups in total. The average molecular weight is 239 g/mol. The smallest absolute Gasteiger partial charge is 0.0639 e. The van der Waals surface area contributed by atoms with E-state index in [2.05, 4.69) is 23.2 Å². The summed E-state index contributed by atoms with van der Waals surface area (Å²) in [5.74, 6) is 0. The topological polar surface area (TPSA) is 15.3 Å². The zero-order chi connectivity index (χ0) is 11.6. The molecular weight excluding hydrogens is 220 g/mol. The summed E-state index contributed by atoms with van der Waals surface area (Å²) in [6, 6.07) is 8.09. The van der Waals surface area contributed by atoms with Crippen LogP contribution in [-0.2, 0) is 0 Å². The predicted molar refractivity (Wildman–Crippen MR) is 70.4 cm³/mol. The monoisotopic (exact) mass is 238 g/mol. The summed E-state index contributed by atoms with van der Waals surface area (Å²) in [6.45, 7) is 4.43. The Hall–Kier alpha value is -0.730. The molecule has 0 atom stereocenters. The van der Waals surface area contributed by atoms with Crippen LogP contribution in [0.15, 0.2) is 24.3 Å². The zero-order valence-corrected chi connectivity index (χ0v) is 10.7. The molecule has 0 amide bonds. The normalized spacial score (nSPS) is 19.8. The fraction of sp³-hybridized carbons (Fsp3) is 0.538. The first kappa shape index (κ1) is 11.7. The summed E-state index contributed by atoms with van der Waals surface area (Å²) >= 11 is 6.21. The molecular formula is C13H19ClN2. The second kappa shape index (κ2) is 4.64. The summed E-state index contributed by atoms with van der Waals surface area (Å²) in [5, 5.41) is 4.26. The van der Waals surface area contributed by atoms with E-state index >= 15 is 0 Å². The van der Waals surface area contributed by atoms with Gasteiger partial charge in [-0.05, 0) is 38.9 Å². The molecule has 0 spiro atoms. The fourth-order valence-corrected chi connectivity index (χ4v) is 2.45. The highest BCUT2D eigenvalue weighted by Gasteiger charge is 2.28. The number of hydrogen-bond donors (Lipinski definition) is 1. The first-order chi connectivity index (χ1) is 7.64. The number of hydrogen-bond acceptors (Lipinski definition) is 2. The standard InChI is InChI=1S/C13H19ClN2/c1-13(15-2)7-9-16(10-8-13)12-6-4-3-5-11(12)14/h3-6,15H,7-10H2,1-2H3. The molecule has 88 valence electrons. The fourth-order valence-electron chi connectivity index (χ4n) is 2.20. The Morgan fingerprint density at radius 1 is 1.25 bits per heavy atom. The van der Waals surface area contributed by atoms with E-state index < -0.39 is 0 Å². The number of benzene rings is 1. The van der Waals surface area contributed by atoms with Crippen molar-refractivity contribution in [3.63, 3.8) is 0 Å². The Morgan fingerprint density at radius 3 is 2.44 bits per heavy atom. The predicted octanol–water partition coefficient (Wildman–Crippen LogP) is 2.92. The van der Waals surface area contributed by atoms with Gasteiger partial charge in [0.15, 0.2) is 0 Å². The van der Waals surface area contributed by atoms with E-state index in [0.717, 1.165) is 31.0 Å². The molecule has 16 heavy (non-hydrogen) atoms. The summed E-state index contributed by atoms with van der Waals surface area (Å²) in [5.41, 5.74) is 1.46. The highest BCUT2D eigenvalue weighted by Crippen LogP contribution is 2.30. The van der Waals surface area contributed by atoms with Gasteiger partial charge in [0.1, 0.15) is 0 Å². The maximum absolute atomic E-state index is 6.21. The second-order valence-corrected chi connectivity index (χ2v) is 5.16. The van der Waals surface area contributed by atoms with Gasteiger partial charge in [-0.3, -0.25) is 0 Å². The first-order valence-corrected chi connectivity index (χ1v) is 6.21. The van der Waals surface area contributed by atoms with Crippen LogP contribution in [0.3, 0.4) is 0 Å². The van der Waals surface area contributed by atoms with Gasteiger partial charge in [0.05, 0.1) is 10.7 Å². The summed E-state index contributed by atoms with van der Waals surface area (Å²) in [6.07, 6.45) is 2.32. The van der Waals surface area contributed by atoms with E-state index in [0.29, 0.717) is 0 Å². The van der Waals surface area contributed by atoms with Crippen LogP contribution in [0.25, 0.3) is 0 Å². The van der Waals surface area contributed by atoms with Crippen LogP contribution < -0.4 is 10.2 Å². The van der Waals surface area contributed by atoms with E-state index in [9.17, 15) is 0 Å². The van der Waals surface area contributed by atoms with E-state index in [1.54, 1.807) is 0 Å². The molecule has 1 heterocycles. The average Bonchev–Trinajstić information content (AvgIpc) is 2.31. The van der Waals surface area contributed by atoms with Gasteiger partial charge in [-0.15, -0.1) is 0 Å². The third-order valence-corrected chi connectivity index (χ3v) is 3.98. The molecule has 2 rings (SSSR count). The third kappa shape index (κ3) is 2.33. The van der Waals surface area contributed by atoms with Crippen molar-refractivity contribution in [2.45, 2.75) is 25.3 Å². The van der Waals surface area contributed by atoms with Crippen molar-refractivity contribution in [1.29, 1.82) is 0 Å². The maximum Gasteiger partial charge on any atom is 0.0639 e. The molecule has 1 aromatic carbocycles. The molecule has 0 radical (unpaired) electrons. The molecule has 1 aliphatic rings. The van der Waals surface area contributed by atoms with Gasteiger partial charge in [-0.1, -0.05) is 23.7 Å². The largest absolute Gasteiger partial charge is 0.370 e. The van der Waals surface area contributed by atoms with E-state index in [-0.39, 0.29) is 5.54 Å². The van der Waals surface area contributed by atoms with Crippen molar-refractivity contribution < 1.29 is 0 Å². The molecule has 1 aromatic rings. The highest BCUT2D eigenvalue weighted by atomic mass is 35.5. The van der Waals surface area contributed by atoms with E-state index in [4.69, 9.17) is 11.6 Å². The third-order valence-electron chi connectivity index (χ3n) is 3.66. The van der Waals surface area contributed by atoms with Crippen molar-refractivity contribution in [3.8, 4) is 0 Å². The number of nitrogens with one attached hydrogen (secondary N) is 1. The quantitative estimate of drug-likeness (QED) is 0.853. The van der Waals surface area contributed by atoms with E-state index in [1.165, 1.54) is 5.69 Å². The van der Waals surface area contributed by atoms with Gasteiger partial charge in [0, 0.05) is 18.6 Å². The lowest BCUT2D eigenvalue weighted by atomic mass is 9.89. The minimum Gasteiger partial charge on any atom is -0.370 e. The molecule has 3 heteroatoms. The van der Waals surface area contributed by atoms with Crippen LogP contribution >= 0.6 is 11.6 Å². The van der Waals surface area contributed by atoms with E-state index in [1.807, 2.05) is 25.2 Å². The first-order valence-electron chi connectivity index (χ1n) is 5.83. The number of para-hydroxylation sites is 1. The van der Waals surface area contributed by atoms with Crippen molar-refractivity contribution in [3.05, 3.63) is 29.3 Å². The van der Waals surface area contributed by atoms with Crippen LogP contribution in [0.4, 0.5) is 5.69 Å². The maximum atomic E-state index is 6.21. The lowest BCUT2D eigenvalue weighted by Crippen LogP contribution is -2.50. The van der Waals surface area contributed by atoms with Crippen LogP contribution in [0, 0.1) is 0 Å². The number of anilines is 1. The molecule has 0 aliphatic carbocycles. The molecule has 1 aliphatic heterocycles. The van der Waals surface area contributed by atoms with Gasteiger partial charge in [0.2, 0.25) is 0 Å². The Balaban J connectivity index is 2.07. The van der Waals surface area contributed by atoms with Gasteiger partial charge < -0.3 is 10.2 Å². The Bertz CT molecular complexity index is 357.